The number of nitrogens with zero attached hydrogens (tertiary/aromatic N) is 2. The number of anilines is 2. The molecule has 0 radical (unpaired) electrons. The van der Waals surface area contributed by atoms with Crippen molar-refractivity contribution in [1.29, 1.82) is 0 Å². The second-order valence-electron chi connectivity index (χ2n) is 6.49. The molecule has 1 amide bonds. The van der Waals surface area contributed by atoms with Gasteiger partial charge in [0.15, 0.2) is 11.5 Å². The zero-order valence-corrected chi connectivity index (χ0v) is 16.9. The summed E-state index contributed by atoms with van der Waals surface area (Å²) in [5.74, 6) is 2.00. The molecule has 0 unspecified atom stereocenters. The molecular weight excluding hydrogens is 366 g/mol. The fourth-order valence-corrected chi connectivity index (χ4v) is 2.96. The molecule has 0 aliphatic rings. The molecule has 3 rings (SSSR count). The number of rotatable bonds is 8. The van der Waals surface area contributed by atoms with Gasteiger partial charge >= 0.3 is 0 Å². The summed E-state index contributed by atoms with van der Waals surface area (Å²) in [7, 11) is 5.16. The molecule has 2 aromatic carbocycles. The van der Waals surface area contributed by atoms with Crippen LogP contribution in [0.25, 0.3) is 0 Å². The highest BCUT2D eigenvalue weighted by Gasteiger charge is 2.09. The molecule has 0 bridgehead atoms. The van der Waals surface area contributed by atoms with Gasteiger partial charge in [0.25, 0.3) is 5.91 Å². The van der Waals surface area contributed by atoms with E-state index in [1.165, 1.54) is 0 Å². The summed E-state index contributed by atoms with van der Waals surface area (Å²) >= 11 is 0. The van der Waals surface area contributed by atoms with Crippen molar-refractivity contribution < 1.29 is 14.3 Å². The molecule has 0 atom stereocenters. The largest absolute Gasteiger partial charge is 0.493 e. The molecule has 0 saturated heterocycles. The van der Waals surface area contributed by atoms with Crippen molar-refractivity contribution >= 4 is 17.4 Å². The predicted molar refractivity (Wildman–Crippen MR) is 114 cm³/mol. The van der Waals surface area contributed by atoms with Crippen LogP contribution in [0.4, 0.5) is 11.5 Å². The minimum Gasteiger partial charge on any atom is -0.493 e. The summed E-state index contributed by atoms with van der Waals surface area (Å²) in [6.45, 7) is 0.514. The van der Waals surface area contributed by atoms with Crippen molar-refractivity contribution in [2.45, 2.75) is 6.42 Å². The second-order valence-corrected chi connectivity index (χ2v) is 6.49. The molecule has 0 spiro atoms. The molecular formula is C23H25N3O3. The van der Waals surface area contributed by atoms with E-state index in [2.05, 4.69) is 10.3 Å². The Bertz CT molecular complexity index is 943. The van der Waals surface area contributed by atoms with Gasteiger partial charge in [0.05, 0.1) is 19.8 Å². The fourth-order valence-electron chi connectivity index (χ4n) is 2.96. The molecule has 0 fully saturated rings. The Morgan fingerprint density at radius 2 is 1.76 bits per heavy atom. The Morgan fingerprint density at radius 3 is 2.41 bits per heavy atom. The lowest BCUT2D eigenvalue weighted by Gasteiger charge is -2.18. The summed E-state index contributed by atoms with van der Waals surface area (Å²) in [5, 5.41) is 2.93. The van der Waals surface area contributed by atoms with Crippen LogP contribution in [0, 0.1) is 0 Å². The topological polar surface area (TPSA) is 63.7 Å². The first-order valence-electron chi connectivity index (χ1n) is 9.36. The van der Waals surface area contributed by atoms with Crippen molar-refractivity contribution in [3.05, 3.63) is 78.0 Å². The van der Waals surface area contributed by atoms with Gasteiger partial charge < -0.3 is 19.7 Å². The molecule has 1 heterocycles. The van der Waals surface area contributed by atoms with E-state index < -0.39 is 0 Å². The maximum absolute atomic E-state index is 12.4. The Labute approximate surface area is 171 Å². The zero-order valence-electron chi connectivity index (χ0n) is 16.9. The van der Waals surface area contributed by atoms with Crippen LogP contribution >= 0.6 is 0 Å². The number of methoxy groups -OCH3 is 2. The standard InChI is InChI=1S/C23H25N3O3/c1-26(19-7-5-4-6-8-19)22-12-10-18(16-25-22)23(27)24-14-13-17-9-11-20(28-2)21(15-17)29-3/h4-12,15-16H,13-14H2,1-3H3,(H,24,27). The van der Waals surface area contributed by atoms with Crippen molar-refractivity contribution in [3.8, 4) is 11.5 Å². The van der Waals surface area contributed by atoms with Crippen LogP contribution in [-0.4, -0.2) is 38.7 Å². The Balaban J connectivity index is 1.56. The van der Waals surface area contributed by atoms with E-state index in [0.29, 0.717) is 30.0 Å². The van der Waals surface area contributed by atoms with Gasteiger partial charge in [-0.1, -0.05) is 24.3 Å². The number of nitrogens with one attached hydrogen (secondary N) is 1. The lowest BCUT2D eigenvalue weighted by atomic mass is 10.1. The third-order valence-corrected chi connectivity index (χ3v) is 4.64. The number of ether oxygens (including phenoxy) is 2. The number of aromatic nitrogens is 1. The highest BCUT2D eigenvalue weighted by Crippen LogP contribution is 2.27. The maximum Gasteiger partial charge on any atom is 0.252 e. The number of carbonyl (C=O) groups excluding carboxylic acids is 1. The minimum atomic E-state index is -0.146. The summed E-state index contributed by atoms with van der Waals surface area (Å²) in [6, 6.07) is 19.3. The van der Waals surface area contributed by atoms with Crippen LogP contribution in [0.1, 0.15) is 15.9 Å². The minimum absolute atomic E-state index is 0.146. The number of hydrogen-bond donors (Lipinski definition) is 1. The highest BCUT2D eigenvalue weighted by atomic mass is 16.5. The smallest absolute Gasteiger partial charge is 0.252 e. The average molecular weight is 391 g/mol. The normalized spacial score (nSPS) is 10.3. The first-order chi connectivity index (χ1) is 14.1. The average Bonchev–Trinajstić information content (AvgIpc) is 2.79. The van der Waals surface area contributed by atoms with Gasteiger partial charge in [0.2, 0.25) is 0 Å². The van der Waals surface area contributed by atoms with E-state index in [1.54, 1.807) is 26.5 Å². The Morgan fingerprint density at radius 1 is 1.00 bits per heavy atom. The number of para-hydroxylation sites is 1. The van der Waals surface area contributed by atoms with Gasteiger partial charge in [-0.15, -0.1) is 0 Å². The van der Waals surface area contributed by atoms with E-state index in [-0.39, 0.29) is 5.91 Å². The summed E-state index contributed by atoms with van der Waals surface area (Å²) in [4.78, 5) is 18.8. The second kappa shape index (κ2) is 9.59. The monoisotopic (exact) mass is 391 g/mol. The Hall–Kier alpha value is -3.54. The zero-order chi connectivity index (χ0) is 20.6. The van der Waals surface area contributed by atoms with Crippen LogP contribution in [0.15, 0.2) is 66.9 Å². The van der Waals surface area contributed by atoms with Crippen LogP contribution in [-0.2, 0) is 6.42 Å². The molecule has 0 saturated carbocycles. The van der Waals surface area contributed by atoms with Gasteiger partial charge in [-0.3, -0.25) is 4.79 Å². The lowest BCUT2D eigenvalue weighted by molar-refractivity contribution is 0.0954. The summed E-state index contributed by atoms with van der Waals surface area (Å²) < 4.78 is 10.6. The van der Waals surface area contributed by atoms with Gasteiger partial charge in [0.1, 0.15) is 5.82 Å². The highest BCUT2D eigenvalue weighted by molar-refractivity contribution is 5.94. The molecule has 29 heavy (non-hydrogen) atoms. The number of benzene rings is 2. The number of carbonyl (C=O) groups is 1. The first kappa shape index (κ1) is 20.2. The van der Waals surface area contributed by atoms with E-state index in [9.17, 15) is 4.79 Å². The van der Waals surface area contributed by atoms with Gasteiger partial charge in [-0.25, -0.2) is 4.98 Å². The van der Waals surface area contributed by atoms with E-state index in [1.807, 2.05) is 66.5 Å². The summed E-state index contributed by atoms with van der Waals surface area (Å²) in [5.41, 5.74) is 2.62. The number of hydrogen-bond acceptors (Lipinski definition) is 5. The van der Waals surface area contributed by atoms with Crippen LogP contribution < -0.4 is 19.7 Å². The van der Waals surface area contributed by atoms with Crippen LogP contribution in [0.3, 0.4) is 0 Å². The van der Waals surface area contributed by atoms with Crippen molar-refractivity contribution in [3.63, 3.8) is 0 Å². The van der Waals surface area contributed by atoms with E-state index in [4.69, 9.17) is 9.47 Å². The predicted octanol–water partition coefficient (Wildman–Crippen LogP) is 3.84. The van der Waals surface area contributed by atoms with Crippen LogP contribution in [0.2, 0.25) is 0 Å². The van der Waals surface area contributed by atoms with Crippen molar-refractivity contribution in [2.75, 3.05) is 32.7 Å². The number of pyridine rings is 1. The lowest BCUT2D eigenvalue weighted by Crippen LogP contribution is -2.26. The Kier molecular flexibility index (Phi) is 6.68. The molecule has 1 aromatic heterocycles. The van der Waals surface area contributed by atoms with Crippen molar-refractivity contribution in [2.24, 2.45) is 0 Å². The SMILES string of the molecule is COc1ccc(CCNC(=O)c2ccc(N(C)c3ccccc3)nc2)cc1OC. The molecule has 6 heteroatoms. The van der Waals surface area contributed by atoms with E-state index >= 15 is 0 Å². The van der Waals surface area contributed by atoms with Gasteiger partial charge in [-0.05, 0) is 48.4 Å². The first-order valence-corrected chi connectivity index (χ1v) is 9.36. The quantitative estimate of drug-likeness (QED) is 0.632. The molecule has 0 aliphatic heterocycles. The maximum atomic E-state index is 12.4. The molecule has 6 nitrogen and oxygen atoms in total. The van der Waals surface area contributed by atoms with E-state index in [0.717, 1.165) is 17.1 Å². The third-order valence-electron chi connectivity index (χ3n) is 4.64. The fraction of sp³-hybridized carbons (Fsp3) is 0.217. The van der Waals surface area contributed by atoms with Crippen molar-refractivity contribution in [1.82, 2.24) is 10.3 Å². The van der Waals surface area contributed by atoms with Crippen LogP contribution in [0.5, 0.6) is 11.5 Å². The molecule has 0 aliphatic carbocycles. The third kappa shape index (κ3) is 5.04. The van der Waals surface area contributed by atoms with Gasteiger partial charge in [0, 0.05) is 25.5 Å². The van der Waals surface area contributed by atoms with Gasteiger partial charge in [-0.2, -0.15) is 0 Å². The molecule has 3 aromatic rings. The molecule has 1 N–H and O–H groups in total. The number of amides is 1. The summed E-state index contributed by atoms with van der Waals surface area (Å²) in [6.07, 6.45) is 2.29. The molecule has 150 valence electrons.